The van der Waals surface area contributed by atoms with Crippen molar-refractivity contribution >= 4 is 17.0 Å². The number of nitrogens with zero attached hydrogens (tertiary/aromatic N) is 2. The van der Waals surface area contributed by atoms with Crippen molar-refractivity contribution < 1.29 is 13.5 Å². The Hall–Kier alpha value is -2.54. The van der Waals surface area contributed by atoms with Gasteiger partial charge in [-0.3, -0.25) is 4.98 Å². The average molecular weight is 319 g/mol. The predicted octanol–water partition coefficient (Wildman–Crippen LogP) is 4.17. The monoisotopic (exact) mass is 319 g/mol. The van der Waals surface area contributed by atoms with Crippen molar-refractivity contribution in [2.24, 2.45) is 0 Å². The summed E-state index contributed by atoms with van der Waals surface area (Å²) in [7, 11) is 0. The van der Waals surface area contributed by atoms with Gasteiger partial charge in [-0.15, -0.1) is 0 Å². The van der Waals surface area contributed by atoms with Crippen LogP contribution in [-0.4, -0.2) is 9.97 Å². The van der Waals surface area contributed by atoms with E-state index < -0.39 is 11.6 Å². The first-order valence-electron chi connectivity index (χ1n) is 6.34. The summed E-state index contributed by atoms with van der Waals surface area (Å²) in [6.07, 6.45) is 1.54. The molecule has 0 bridgehead atoms. The number of halogens is 2. The van der Waals surface area contributed by atoms with E-state index in [9.17, 15) is 8.78 Å². The highest BCUT2D eigenvalue weighted by Gasteiger charge is 2.10. The molecule has 0 amide bonds. The topological polar surface area (TPSA) is 61.0 Å². The number of hydrogen-bond donors (Lipinski definition) is 1. The van der Waals surface area contributed by atoms with Crippen LogP contribution in [0.1, 0.15) is 5.69 Å². The van der Waals surface area contributed by atoms with Crippen molar-refractivity contribution in [2.45, 2.75) is 6.92 Å². The summed E-state index contributed by atoms with van der Waals surface area (Å²) >= 11 is 1.22. The zero-order valence-corrected chi connectivity index (χ0v) is 12.3. The van der Waals surface area contributed by atoms with Crippen molar-refractivity contribution in [2.75, 3.05) is 5.73 Å². The maximum absolute atomic E-state index is 13.5. The van der Waals surface area contributed by atoms with Crippen molar-refractivity contribution in [3.8, 4) is 22.2 Å². The van der Waals surface area contributed by atoms with Gasteiger partial charge < -0.3 is 10.5 Å². The quantitative estimate of drug-likeness (QED) is 0.736. The van der Waals surface area contributed by atoms with Gasteiger partial charge in [0.15, 0.2) is 0 Å². The van der Waals surface area contributed by atoms with Gasteiger partial charge in [0, 0.05) is 23.2 Å². The van der Waals surface area contributed by atoms with Gasteiger partial charge in [0.05, 0.1) is 17.1 Å². The summed E-state index contributed by atoms with van der Waals surface area (Å²) in [5, 5.41) is 2.04. The maximum atomic E-state index is 13.5. The van der Waals surface area contributed by atoms with E-state index in [2.05, 4.69) is 9.97 Å². The molecule has 0 aliphatic carbocycles. The van der Waals surface area contributed by atoms with E-state index in [0.29, 0.717) is 27.9 Å². The lowest BCUT2D eigenvalue weighted by Gasteiger charge is -2.03. The molecule has 0 aliphatic heterocycles. The summed E-state index contributed by atoms with van der Waals surface area (Å²) in [6.45, 7) is 1.59. The molecule has 3 aromatic rings. The first-order chi connectivity index (χ1) is 10.5. The molecule has 22 heavy (non-hydrogen) atoms. The Kier molecular flexibility index (Phi) is 3.72. The molecule has 7 heteroatoms. The minimum atomic E-state index is -0.556. The van der Waals surface area contributed by atoms with Crippen molar-refractivity contribution in [3.63, 3.8) is 0 Å². The molecule has 4 nitrogen and oxygen atoms in total. The second-order valence-electron chi connectivity index (χ2n) is 4.58. The Morgan fingerprint density at radius 1 is 1.18 bits per heavy atom. The molecule has 2 aromatic heterocycles. The van der Waals surface area contributed by atoms with E-state index >= 15 is 0 Å². The molecule has 2 N–H and O–H groups in total. The molecule has 0 saturated heterocycles. The Bertz CT molecular complexity index is 835. The first kappa shape index (κ1) is 14.4. The third kappa shape index (κ3) is 2.89. The number of thiazole rings is 1. The van der Waals surface area contributed by atoms with Crippen LogP contribution >= 0.6 is 11.3 Å². The minimum absolute atomic E-state index is 0.0494. The fraction of sp³-hybridized carbons (Fsp3) is 0.0667. The van der Waals surface area contributed by atoms with E-state index in [-0.39, 0.29) is 5.69 Å². The van der Waals surface area contributed by atoms with Gasteiger partial charge in [0.25, 0.3) is 5.19 Å². The van der Waals surface area contributed by atoms with Crippen LogP contribution in [0, 0.1) is 18.6 Å². The van der Waals surface area contributed by atoms with Gasteiger partial charge in [-0.25, -0.2) is 13.8 Å². The lowest BCUT2D eigenvalue weighted by molar-refractivity contribution is 0.474. The number of rotatable bonds is 3. The lowest BCUT2D eigenvalue weighted by atomic mass is 10.2. The number of hydrogen-bond acceptors (Lipinski definition) is 5. The molecule has 0 atom stereocenters. The van der Waals surface area contributed by atoms with Crippen molar-refractivity contribution in [3.05, 3.63) is 53.2 Å². The molecule has 0 saturated carbocycles. The van der Waals surface area contributed by atoms with E-state index in [1.54, 1.807) is 24.6 Å². The molecule has 112 valence electrons. The Morgan fingerprint density at radius 2 is 2.00 bits per heavy atom. The summed E-state index contributed by atoms with van der Waals surface area (Å²) in [5.74, 6) is -0.659. The molecular weight excluding hydrogens is 308 g/mol. The Morgan fingerprint density at radius 3 is 2.73 bits per heavy atom. The van der Waals surface area contributed by atoms with Crippen LogP contribution in [0.15, 0.2) is 35.8 Å². The summed E-state index contributed by atoms with van der Waals surface area (Å²) in [5.41, 5.74) is 6.88. The number of ether oxygens (including phenoxy) is 1. The van der Waals surface area contributed by atoms with Crippen LogP contribution in [0.2, 0.25) is 0 Å². The number of aromatic nitrogens is 2. The number of nitrogens with two attached hydrogens (primary N) is 1. The van der Waals surface area contributed by atoms with Gasteiger partial charge in [-0.1, -0.05) is 11.3 Å². The van der Waals surface area contributed by atoms with Crippen LogP contribution < -0.4 is 10.5 Å². The number of pyridine rings is 1. The van der Waals surface area contributed by atoms with Crippen molar-refractivity contribution in [1.82, 2.24) is 9.97 Å². The number of benzene rings is 1. The number of anilines is 1. The lowest BCUT2D eigenvalue weighted by Crippen LogP contribution is -1.92. The molecule has 0 unspecified atom stereocenters. The highest BCUT2D eigenvalue weighted by atomic mass is 32.1. The van der Waals surface area contributed by atoms with E-state index in [0.717, 1.165) is 0 Å². The molecule has 1 aromatic carbocycles. The first-order valence-corrected chi connectivity index (χ1v) is 7.22. The number of nitrogen functional groups attached to an aromatic ring is 1. The molecule has 0 aliphatic rings. The normalized spacial score (nSPS) is 10.7. The van der Waals surface area contributed by atoms with Crippen molar-refractivity contribution in [1.29, 1.82) is 0 Å². The van der Waals surface area contributed by atoms with Gasteiger partial charge in [-0.05, 0) is 25.1 Å². The second-order valence-corrected chi connectivity index (χ2v) is 5.40. The minimum Gasteiger partial charge on any atom is -0.431 e. The molecule has 0 spiro atoms. The SMILES string of the molecule is Cc1ncc(-c2csc(Oc3ccc(N)c(F)c3)n2)cc1F. The zero-order chi connectivity index (χ0) is 15.7. The van der Waals surface area contributed by atoms with E-state index in [1.807, 2.05) is 0 Å². The Labute approximate surface area is 129 Å². The third-order valence-electron chi connectivity index (χ3n) is 2.98. The summed E-state index contributed by atoms with van der Waals surface area (Å²) in [4.78, 5) is 8.19. The third-order valence-corrected chi connectivity index (χ3v) is 3.70. The Balaban J connectivity index is 1.84. The fourth-order valence-electron chi connectivity index (χ4n) is 1.76. The fourth-order valence-corrected chi connectivity index (χ4v) is 2.45. The molecule has 3 rings (SSSR count). The van der Waals surface area contributed by atoms with Crippen LogP contribution in [0.25, 0.3) is 11.3 Å². The smallest absolute Gasteiger partial charge is 0.279 e. The highest BCUT2D eigenvalue weighted by molar-refractivity contribution is 7.11. The number of aryl methyl sites for hydroxylation is 1. The highest BCUT2D eigenvalue weighted by Crippen LogP contribution is 2.31. The van der Waals surface area contributed by atoms with Gasteiger partial charge in [0.2, 0.25) is 0 Å². The largest absolute Gasteiger partial charge is 0.431 e. The summed E-state index contributed by atoms with van der Waals surface area (Å²) < 4.78 is 32.4. The molecule has 2 heterocycles. The standard InChI is InChI=1S/C15H11F2N3OS/c1-8-11(16)4-9(6-19-8)14-7-22-15(20-14)21-10-2-3-13(18)12(17)5-10/h2-7H,18H2,1H3. The molecule has 0 fully saturated rings. The predicted molar refractivity (Wildman–Crippen MR) is 80.9 cm³/mol. The van der Waals surface area contributed by atoms with Crippen LogP contribution in [0.5, 0.6) is 10.9 Å². The van der Waals surface area contributed by atoms with Gasteiger partial charge in [0.1, 0.15) is 17.4 Å². The van der Waals surface area contributed by atoms with Gasteiger partial charge in [-0.2, -0.15) is 0 Å². The van der Waals surface area contributed by atoms with Crippen LogP contribution in [0.3, 0.4) is 0 Å². The van der Waals surface area contributed by atoms with Crippen LogP contribution in [-0.2, 0) is 0 Å². The second kappa shape index (κ2) is 5.69. The van der Waals surface area contributed by atoms with Crippen LogP contribution in [0.4, 0.5) is 14.5 Å². The molecule has 0 radical (unpaired) electrons. The van der Waals surface area contributed by atoms with E-state index in [4.69, 9.17) is 10.5 Å². The zero-order valence-electron chi connectivity index (χ0n) is 11.5. The maximum Gasteiger partial charge on any atom is 0.279 e. The summed E-state index contributed by atoms with van der Waals surface area (Å²) in [6, 6.07) is 5.51. The van der Waals surface area contributed by atoms with E-state index in [1.165, 1.54) is 29.5 Å². The average Bonchev–Trinajstić information content (AvgIpc) is 2.94. The molecular formula is C15H11F2N3OS. The van der Waals surface area contributed by atoms with Gasteiger partial charge >= 0.3 is 0 Å².